The summed E-state index contributed by atoms with van der Waals surface area (Å²) in [6, 6.07) is 3.20. The van der Waals surface area contributed by atoms with Gasteiger partial charge < -0.3 is 19.6 Å². The van der Waals surface area contributed by atoms with E-state index >= 15 is 0 Å². The van der Waals surface area contributed by atoms with Gasteiger partial charge in [0.15, 0.2) is 5.69 Å². The number of halogens is 1. The summed E-state index contributed by atoms with van der Waals surface area (Å²) in [6.07, 6.45) is 3.81. The van der Waals surface area contributed by atoms with Crippen LogP contribution in [0.1, 0.15) is 42.2 Å². The maximum atomic E-state index is 12.8. The fourth-order valence-electron chi connectivity index (χ4n) is 3.25. The van der Waals surface area contributed by atoms with Crippen molar-refractivity contribution in [1.82, 2.24) is 24.8 Å². The summed E-state index contributed by atoms with van der Waals surface area (Å²) < 4.78 is 5.68. The molecule has 0 spiro atoms. The summed E-state index contributed by atoms with van der Waals surface area (Å²) >= 11 is 5.89. The van der Waals surface area contributed by atoms with Gasteiger partial charge in [-0.25, -0.2) is 19.7 Å². The number of hydrogen-bond donors (Lipinski definition) is 1. The third-order valence-corrected chi connectivity index (χ3v) is 5.24. The zero-order valence-electron chi connectivity index (χ0n) is 18.3. The SMILES string of the molecule is CCCC(=O)O.CN1CCN(C(=O)OC2c3nccnc3C(=O)N2c2ccc(Cl)cn2)CC1. The number of carboxylic acids is 1. The van der Waals surface area contributed by atoms with Crippen molar-refractivity contribution < 1.29 is 24.2 Å². The molecule has 1 N–H and O–H groups in total. The van der Waals surface area contributed by atoms with E-state index in [4.69, 9.17) is 21.4 Å². The maximum absolute atomic E-state index is 12.8. The Balaban J connectivity index is 0.000000454. The van der Waals surface area contributed by atoms with Gasteiger partial charge in [0, 0.05) is 51.2 Å². The first kappa shape index (κ1) is 24.3. The van der Waals surface area contributed by atoms with E-state index in [1.54, 1.807) is 17.0 Å². The Morgan fingerprint density at radius 3 is 2.42 bits per heavy atom. The van der Waals surface area contributed by atoms with Crippen molar-refractivity contribution in [2.24, 2.45) is 0 Å². The number of nitrogens with zero attached hydrogens (tertiary/aromatic N) is 6. The van der Waals surface area contributed by atoms with Gasteiger partial charge in [-0.1, -0.05) is 18.5 Å². The van der Waals surface area contributed by atoms with Gasteiger partial charge in [0.2, 0.25) is 6.23 Å². The van der Waals surface area contributed by atoms with Crippen LogP contribution < -0.4 is 4.90 Å². The van der Waals surface area contributed by atoms with Crippen LogP contribution >= 0.6 is 11.6 Å². The minimum Gasteiger partial charge on any atom is -0.481 e. The first-order valence-corrected chi connectivity index (χ1v) is 10.8. The molecule has 1 saturated heterocycles. The lowest BCUT2D eigenvalue weighted by Crippen LogP contribution is -2.48. The number of likely N-dealkylation sites (N-methyl/N-ethyl adjacent to an activating group) is 1. The molecule has 2 aromatic heterocycles. The van der Waals surface area contributed by atoms with Gasteiger partial charge in [-0.3, -0.25) is 14.6 Å². The average molecular weight is 477 g/mol. The van der Waals surface area contributed by atoms with Crippen LogP contribution in [-0.4, -0.2) is 81.1 Å². The molecule has 2 amide bonds. The second-order valence-corrected chi connectivity index (χ2v) is 7.91. The van der Waals surface area contributed by atoms with Crippen molar-refractivity contribution in [2.75, 3.05) is 38.1 Å². The van der Waals surface area contributed by atoms with Crippen molar-refractivity contribution in [2.45, 2.75) is 26.0 Å². The first-order chi connectivity index (χ1) is 15.8. The molecule has 0 bridgehead atoms. The van der Waals surface area contributed by atoms with Crippen molar-refractivity contribution in [3.05, 3.63) is 47.1 Å². The molecule has 1 unspecified atom stereocenters. The number of carboxylic acid groups (broad SMARTS) is 1. The highest BCUT2D eigenvalue weighted by Gasteiger charge is 2.44. The van der Waals surface area contributed by atoms with E-state index in [-0.39, 0.29) is 5.69 Å². The molecule has 12 heteroatoms. The molecule has 2 aromatic rings. The lowest BCUT2D eigenvalue weighted by molar-refractivity contribution is -0.137. The Morgan fingerprint density at radius 1 is 1.15 bits per heavy atom. The molecule has 0 aliphatic carbocycles. The Labute approximate surface area is 195 Å². The van der Waals surface area contributed by atoms with Crippen molar-refractivity contribution >= 4 is 35.4 Å². The number of aliphatic carboxylic acids is 1. The number of hydrogen-bond acceptors (Lipinski definition) is 8. The molecule has 2 aliphatic rings. The molecule has 4 rings (SSSR count). The topological polar surface area (TPSA) is 129 Å². The number of fused-ring (bicyclic) bond motifs is 1. The molecule has 0 aromatic carbocycles. The maximum Gasteiger partial charge on any atom is 0.412 e. The van der Waals surface area contributed by atoms with Gasteiger partial charge in [0.25, 0.3) is 5.91 Å². The Hall–Kier alpha value is -3.31. The number of pyridine rings is 1. The number of anilines is 1. The van der Waals surface area contributed by atoms with E-state index in [0.29, 0.717) is 36.0 Å². The van der Waals surface area contributed by atoms with Crippen molar-refractivity contribution in [1.29, 1.82) is 0 Å². The fraction of sp³-hybridized carbons (Fsp3) is 0.429. The molecule has 2 aliphatic heterocycles. The number of ether oxygens (including phenoxy) is 1. The Bertz CT molecular complexity index is 997. The minimum absolute atomic E-state index is 0.144. The molecule has 0 saturated carbocycles. The second-order valence-electron chi connectivity index (χ2n) is 7.47. The summed E-state index contributed by atoms with van der Waals surface area (Å²) in [4.78, 5) is 52.6. The number of amides is 2. The van der Waals surface area contributed by atoms with Crippen LogP contribution in [0.2, 0.25) is 5.02 Å². The predicted octanol–water partition coefficient (Wildman–Crippen LogP) is 2.44. The summed E-state index contributed by atoms with van der Waals surface area (Å²) in [5, 5.41) is 8.35. The van der Waals surface area contributed by atoms with E-state index in [0.717, 1.165) is 19.5 Å². The monoisotopic (exact) mass is 476 g/mol. The zero-order valence-corrected chi connectivity index (χ0v) is 19.1. The summed E-state index contributed by atoms with van der Waals surface area (Å²) in [5.41, 5.74) is 0.437. The molecule has 176 valence electrons. The van der Waals surface area contributed by atoms with Crippen LogP contribution in [0.4, 0.5) is 10.6 Å². The van der Waals surface area contributed by atoms with Gasteiger partial charge >= 0.3 is 12.1 Å². The van der Waals surface area contributed by atoms with Crippen molar-refractivity contribution in [3.8, 4) is 0 Å². The van der Waals surface area contributed by atoms with Gasteiger partial charge in [-0.15, -0.1) is 0 Å². The van der Waals surface area contributed by atoms with Gasteiger partial charge in [-0.2, -0.15) is 0 Å². The van der Waals surface area contributed by atoms with E-state index in [1.165, 1.54) is 23.5 Å². The third-order valence-electron chi connectivity index (χ3n) is 5.01. The van der Waals surface area contributed by atoms with E-state index < -0.39 is 24.2 Å². The standard InChI is InChI=1S/C17H17ClN6O3.C4H8O2/c1-22-6-8-23(9-7-22)17(26)27-16-14-13(19-4-5-20-14)15(25)24(16)12-3-2-11(18)10-21-12;1-2-3-4(5)6/h2-5,10,16H,6-9H2,1H3;2-3H2,1H3,(H,5,6). The summed E-state index contributed by atoms with van der Waals surface area (Å²) in [5.74, 6) is -0.832. The normalized spacial score (nSPS) is 17.8. The van der Waals surface area contributed by atoms with Gasteiger partial charge in [0.05, 0.1) is 5.02 Å². The number of rotatable bonds is 4. The van der Waals surface area contributed by atoms with Crippen molar-refractivity contribution in [3.63, 3.8) is 0 Å². The summed E-state index contributed by atoms with van der Waals surface area (Å²) in [6.45, 7) is 4.48. The number of piperazine rings is 1. The third kappa shape index (κ3) is 5.93. The van der Waals surface area contributed by atoms with Gasteiger partial charge in [0.1, 0.15) is 11.5 Å². The van der Waals surface area contributed by atoms with Crippen LogP contribution in [0, 0.1) is 0 Å². The highest BCUT2D eigenvalue weighted by Crippen LogP contribution is 2.35. The highest BCUT2D eigenvalue weighted by molar-refractivity contribution is 6.30. The van der Waals surface area contributed by atoms with Crippen LogP contribution in [0.5, 0.6) is 0 Å². The lowest BCUT2D eigenvalue weighted by Gasteiger charge is -2.33. The minimum atomic E-state index is -1.03. The number of carbonyl (C=O) groups excluding carboxylic acids is 2. The lowest BCUT2D eigenvalue weighted by atomic mass is 10.3. The fourth-order valence-corrected chi connectivity index (χ4v) is 3.37. The van der Waals surface area contributed by atoms with Crippen LogP contribution in [0.25, 0.3) is 0 Å². The molecular weight excluding hydrogens is 452 g/mol. The second kappa shape index (κ2) is 11.0. The molecule has 4 heterocycles. The molecule has 0 radical (unpaired) electrons. The zero-order chi connectivity index (χ0) is 24.0. The molecule has 33 heavy (non-hydrogen) atoms. The smallest absolute Gasteiger partial charge is 0.412 e. The van der Waals surface area contributed by atoms with E-state index in [2.05, 4.69) is 19.9 Å². The van der Waals surface area contributed by atoms with Gasteiger partial charge in [-0.05, 0) is 25.6 Å². The predicted molar refractivity (Wildman–Crippen MR) is 119 cm³/mol. The Kier molecular flexibility index (Phi) is 8.12. The van der Waals surface area contributed by atoms with E-state index in [9.17, 15) is 14.4 Å². The average Bonchev–Trinajstić information content (AvgIpc) is 3.07. The number of carbonyl (C=O) groups is 3. The summed E-state index contributed by atoms with van der Waals surface area (Å²) in [7, 11) is 2.00. The quantitative estimate of drug-likeness (QED) is 0.707. The molecule has 1 fully saturated rings. The highest BCUT2D eigenvalue weighted by atomic mass is 35.5. The van der Waals surface area contributed by atoms with Crippen LogP contribution in [-0.2, 0) is 9.53 Å². The van der Waals surface area contributed by atoms with Crippen LogP contribution in [0.15, 0.2) is 30.7 Å². The molecule has 1 atom stereocenters. The largest absolute Gasteiger partial charge is 0.481 e. The molecule has 11 nitrogen and oxygen atoms in total. The molecular formula is C21H25ClN6O5. The van der Waals surface area contributed by atoms with Crippen LogP contribution in [0.3, 0.4) is 0 Å². The Morgan fingerprint density at radius 2 is 1.85 bits per heavy atom. The van der Waals surface area contributed by atoms with E-state index in [1.807, 2.05) is 14.0 Å². The number of aromatic nitrogens is 3. The first-order valence-electron chi connectivity index (χ1n) is 10.4.